The zero-order chi connectivity index (χ0) is 20.4. The molecule has 0 bridgehead atoms. The summed E-state index contributed by atoms with van der Waals surface area (Å²) in [6, 6.07) is 13.3. The monoisotopic (exact) mass is 420 g/mol. The maximum Gasteiger partial charge on any atom is 0.276 e. The lowest BCUT2D eigenvalue weighted by atomic mass is 9.98. The predicted molar refractivity (Wildman–Crippen MR) is 110 cm³/mol. The summed E-state index contributed by atoms with van der Waals surface area (Å²) in [6.07, 6.45) is 2.00. The van der Waals surface area contributed by atoms with Gasteiger partial charge in [0.1, 0.15) is 0 Å². The molecule has 1 saturated carbocycles. The summed E-state index contributed by atoms with van der Waals surface area (Å²) >= 11 is 0. The quantitative estimate of drug-likeness (QED) is 0.751. The van der Waals surface area contributed by atoms with Crippen LogP contribution >= 0.6 is 0 Å². The van der Waals surface area contributed by atoms with Gasteiger partial charge in [-0.2, -0.15) is 13.5 Å². The third-order valence-electron chi connectivity index (χ3n) is 4.90. The zero-order valence-corrected chi connectivity index (χ0v) is 17.6. The molecule has 0 spiro atoms. The molecule has 2 aromatic rings. The predicted octanol–water partition coefficient (Wildman–Crippen LogP) is 3.35. The number of sulfone groups is 1. The number of rotatable bonds is 5. The van der Waals surface area contributed by atoms with Crippen molar-refractivity contribution in [3.05, 3.63) is 59.7 Å². The Hall–Kier alpha value is -2.19. The van der Waals surface area contributed by atoms with E-state index in [0.29, 0.717) is 29.9 Å². The Morgan fingerprint density at radius 1 is 0.857 bits per heavy atom. The Morgan fingerprint density at radius 3 is 1.96 bits per heavy atom. The van der Waals surface area contributed by atoms with Crippen LogP contribution in [0.4, 0.5) is 0 Å². The first-order valence-corrected chi connectivity index (χ1v) is 12.2. The lowest BCUT2D eigenvalue weighted by Crippen LogP contribution is -2.30. The third-order valence-corrected chi connectivity index (χ3v) is 8.33. The first-order valence-electron chi connectivity index (χ1n) is 9.13. The van der Waals surface area contributed by atoms with Crippen molar-refractivity contribution >= 4 is 25.6 Å². The highest BCUT2D eigenvalue weighted by Crippen LogP contribution is 2.28. The van der Waals surface area contributed by atoms with Crippen molar-refractivity contribution in [3.8, 4) is 0 Å². The minimum Gasteiger partial charge on any atom is -0.223 e. The van der Waals surface area contributed by atoms with Crippen LogP contribution in [-0.4, -0.2) is 27.8 Å². The molecular formula is C20H24N2O4S2. The van der Waals surface area contributed by atoms with E-state index < -0.39 is 25.1 Å². The molecule has 1 aliphatic carbocycles. The van der Waals surface area contributed by atoms with Gasteiger partial charge >= 0.3 is 0 Å². The number of benzene rings is 2. The fourth-order valence-electron chi connectivity index (χ4n) is 3.18. The average molecular weight is 421 g/mol. The first kappa shape index (κ1) is 20.5. The second kappa shape index (κ2) is 8.05. The largest absolute Gasteiger partial charge is 0.276 e. The van der Waals surface area contributed by atoms with Crippen molar-refractivity contribution in [2.45, 2.75) is 54.6 Å². The van der Waals surface area contributed by atoms with Crippen LogP contribution in [0.5, 0.6) is 0 Å². The van der Waals surface area contributed by atoms with Crippen molar-refractivity contribution in [3.63, 3.8) is 0 Å². The molecule has 0 heterocycles. The van der Waals surface area contributed by atoms with Gasteiger partial charge < -0.3 is 0 Å². The van der Waals surface area contributed by atoms with Gasteiger partial charge in [-0.1, -0.05) is 35.4 Å². The van der Waals surface area contributed by atoms with E-state index in [4.69, 9.17) is 0 Å². The molecule has 1 aliphatic rings. The summed E-state index contributed by atoms with van der Waals surface area (Å²) in [6.45, 7) is 3.78. The molecule has 0 aliphatic heterocycles. The molecule has 1 atom stereocenters. The Balaban J connectivity index is 1.75. The number of hydrogen-bond acceptors (Lipinski definition) is 5. The number of hydrogen-bond donors (Lipinski definition) is 1. The maximum atomic E-state index is 12.9. The molecule has 8 heteroatoms. The lowest BCUT2D eigenvalue weighted by Gasteiger charge is -2.23. The molecule has 0 saturated heterocycles. The standard InChI is InChI=1S/C20H24N2O4S2/c1-15-6-10-18(11-7-15)27(23,24)20-5-3-4-17(14-20)21-22-28(25,26)19-12-8-16(2)9-13-19/h6-13,20,22H,3-5,14H2,1-2H3/b21-17-. The molecule has 1 unspecified atom stereocenters. The summed E-state index contributed by atoms with van der Waals surface area (Å²) in [5.41, 5.74) is 2.51. The van der Waals surface area contributed by atoms with Gasteiger partial charge in [0.2, 0.25) is 0 Å². The van der Waals surface area contributed by atoms with E-state index in [9.17, 15) is 16.8 Å². The minimum absolute atomic E-state index is 0.127. The van der Waals surface area contributed by atoms with E-state index in [0.717, 1.165) is 11.1 Å². The van der Waals surface area contributed by atoms with Crippen LogP contribution in [-0.2, 0) is 19.9 Å². The van der Waals surface area contributed by atoms with Crippen molar-refractivity contribution in [1.82, 2.24) is 4.83 Å². The van der Waals surface area contributed by atoms with E-state index in [1.165, 1.54) is 12.1 Å². The van der Waals surface area contributed by atoms with E-state index in [1.807, 2.05) is 13.8 Å². The summed E-state index contributed by atoms with van der Waals surface area (Å²) in [5.74, 6) is 0. The Morgan fingerprint density at radius 2 is 1.39 bits per heavy atom. The SMILES string of the molecule is Cc1ccc(S(=O)(=O)N/N=C2/CCCC(S(=O)(=O)c3ccc(C)cc3)C2)cc1. The van der Waals surface area contributed by atoms with Crippen LogP contribution < -0.4 is 4.83 Å². The zero-order valence-electron chi connectivity index (χ0n) is 15.9. The number of sulfonamides is 1. The molecule has 6 nitrogen and oxygen atoms in total. The minimum atomic E-state index is -3.77. The van der Waals surface area contributed by atoms with E-state index in [2.05, 4.69) is 9.93 Å². The van der Waals surface area contributed by atoms with Gasteiger partial charge in [-0.05, 0) is 57.4 Å². The molecule has 2 aromatic carbocycles. The highest BCUT2D eigenvalue weighted by atomic mass is 32.2. The highest BCUT2D eigenvalue weighted by molar-refractivity contribution is 7.92. The highest BCUT2D eigenvalue weighted by Gasteiger charge is 2.31. The third kappa shape index (κ3) is 4.62. The van der Waals surface area contributed by atoms with Crippen molar-refractivity contribution in [2.24, 2.45) is 5.10 Å². The van der Waals surface area contributed by atoms with E-state index in [-0.39, 0.29) is 11.3 Å². The van der Waals surface area contributed by atoms with Crippen LogP contribution in [0.15, 0.2) is 63.4 Å². The summed E-state index contributed by atoms with van der Waals surface area (Å²) in [7, 11) is -7.25. The van der Waals surface area contributed by atoms with E-state index in [1.54, 1.807) is 36.4 Å². The van der Waals surface area contributed by atoms with Crippen LogP contribution in [0.25, 0.3) is 0 Å². The van der Waals surface area contributed by atoms with Crippen LogP contribution in [0.3, 0.4) is 0 Å². The molecule has 28 heavy (non-hydrogen) atoms. The van der Waals surface area contributed by atoms with Crippen molar-refractivity contribution in [1.29, 1.82) is 0 Å². The second-order valence-electron chi connectivity index (χ2n) is 7.16. The number of hydrazone groups is 1. The van der Waals surface area contributed by atoms with Crippen molar-refractivity contribution in [2.75, 3.05) is 0 Å². The normalized spacial score (nSPS) is 19.5. The number of aryl methyl sites for hydroxylation is 2. The topological polar surface area (TPSA) is 92.7 Å². The fourth-order valence-corrected chi connectivity index (χ4v) is 5.82. The Bertz CT molecular complexity index is 1070. The molecule has 0 amide bonds. The van der Waals surface area contributed by atoms with Gasteiger partial charge in [-0.3, -0.25) is 0 Å². The fraction of sp³-hybridized carbons (Fsp3) is 0.350. The van der Waals surface area contributed by atoms with E-state index >= 15 is 0 Å². The summed E-state index contributed by atoms with van der Waals surface area (Å²) < 4.78 is 50.6. The molecule has 0 aromatic heterocycles. The van der Waals surface area contributed by atoms with Gasteiger partial charge in [0.15, 0.2) is 9.84 Å². The Labute approximate surface area is 166 Å². The first-order chi connectivity index (χ1) is 13.2. The molecule has 150 valence electrons. The maximum absolute atomic E-state index is 12.9. The van der Waals surface area contributed by atoms with Gasteiger partial charge in [0.05, 0.1) is 15.0 Å². The van der Waals surface area contributed by atoms with Crippen LogP contribution in [0, 0.1) is 13.8 Å². The molecule has 0 radical (unpaired) electrons. The smallest absolute Gasteiger partial charge is 0.223 e. The summed E-state index contributed by atoms with van der Waals surface area (Å²) in [5, 5.41) is 3.45. The van der Waals surface area contributed by atoms with Gasteiger partial charge in [-0.15, -0.1) is 0 Å². The number of nitrogens with one attached hydrogen (secondary N) is 1. The summed E-state index contributed by atoms with van der Waals surface area (Å²) in [4.78, 5) is 2.67. The number of nitrogens with zero attached hydrogens (tertiary/aromatic N) is 1. The lowest BCUT2D eigenvalue weighted by molar-refractivity contribution is 0.558. The average Bonchev–Trinajstić information content (AvgIpc) is 2.67. The van der Waals surface area contributed by atoms with Crippen LogP contribution in [0.2, 0.25) is 0 Å². The van der Waals surface area contributed by atoms with Crippen molar-refractivity contribution < 1.29 is 16.8 Å². The Kier molecular flexibility index (Phi) is 5.90. The molecule has 1 fully saturated rings. The van der Waals surface area contributed by atoms with Gasteiger partial charge in [-0.25, -0.2) is 13.2 Å². The van der Waals surface area contributed by atoms with Gasteiger partial charge in [0, 0.05) is 12.1 Å². The van der Waals surface area contributed by atoms with Gasteiger partial charge in [0.25, 0.3) is 10.0 Å². The van der Waals surface area contributed by atoms with Crippen LogP contribution in [0.1, 0.15) is 36.8 Å². The second-order valence-corrected chi connectivity index (χ2v) is 11.1. The molecular weight excluding hydrogens is 396 g/mol. The molecule has 3 rings (SSSR count). The molecule has 1 N–H and O–H groups in total.